The highest BCUT2D eigenvalue weighted by Crippen LogP contribution is 2.33. The molecule has 30 heavy (non-hydrogen) atoms. The van der Waals surface area contributed by atoms with Crippen molar-refractivity contribution < 1.29 is 24.1 Å². The van der Waals surface area contributed by atoms with Gasteiger partial charge in [0.05, 0.1) is 23.5 Å². The largest absolute Gasteiger partial charge is 0.444 e. The Labute approximate surface area is 177 Å². The van der Waals surface area contributed by atoms with E-state index < -0.39 is 22.9 Å². The molecule has 0 radical (unpaired) electrons. The number of hydrogen-bond acceptors (Lipinski definition) is 5. The number of pyridine rings is 1. The summed E-state index contributed by atoms with van der Waals surface area (Å²) in [6.07, 6.45) is -0.656. The van der Waals surface area contributed by atoms with Crippen molar-refractivity contribution in [3.05, 3.63) is 53.0 Å². The molecule has 0 saturated carbocycles. The van der Waals surface area contributed by atoms with Crippen LogP contribution in [-0.2, 0) is 15.9 Å². The fraction of sp³-hybridized carbons (Fsp3) is 0.478. The molecule has 1 aromatic heterocycles. The third-order valence-corrected chi connectivity index (χ3v) is 4.58. The highest BCUT2D eigenvalue weighted by molar-refractivity contribution is 5.68. The molecular formula is C23H31FN2O4. The van der Waals surface area contributed by atoms with Gasteiger partial charge in [0.1, 0.15) is 17.0 Å². The van der Waals surface area contributed by atoms with Crippen molar-refractivity contribution in [1.82, 2.24) is 10.3 Å². The van der Waals surface area contributed by atoms with Gasteiger partial charge in [-0.2, -0.15) is 0 Å². The van der Waals surface area contributed by atoms with Crippen LogP contribution in [0, 0.1) is 12.7 Å². The number of ether oxygens (including phenoxy) is 1. The first-order valence-electron chi connectivity index (χ1n) is 9.80. The maximum Gasteiger partial charge on any atom is 0.407 e. The first kappa shape index (κ1) is 23.8. The first-order chi connectivity index (χ1) is 13.6. The van der Waals surface area contributed by atoms with E-state index in [9.17, 15) is 19.4 Å². The summed E-state index contributed by atoms with van der Waals surface area (Å²) in [5.74, 6) is -0.371. The monoisotopic (exact) mass is 418 g/mol. The van der Waals surface area contributed by atoms with Gasteiger partial charge in [0, 0.05) is 5.56 Å². The number of amides is 1. The Hall–Kier alpha value is -2.51. The molecule has 0 saturated heterocycles. The smallest absolute Gasteiger partial charge is 0.407 e. The maximum atomic E-state index is 13.4. The fourth-order valence-electron chi connectivity index (χ4n) is 3.06. The van der Waals surface area contributed by atoms with Gasteiger partial charge < -0.3 is 20.3 Å². The van der Waals surface area contributed by atoms with E-state index in [2.05, 4.69) is 10.3 Å². The molecule has 1 amide bonds. The number of aromatic nitrogens is 1. The zero-order chi connectivity index (χ0) is 22.9. The van der Waals surface area contributed by atoms with Crippen LogP contribution >= 0.6 is 0 Å². The van der Waals surface area contributed by atoms with Crippen LogP contribution in [0.5, 0.6) is 0 Å². The van der Waals surface area contributed by atoms with E-state index in [0.717, 1.165) is 0 Å². The van der Waals surface area contributed by atoms with Crippen LogP contribution in [0.3, 0.4) is 0 Å². The molecule has 1 heterocycles. The van der Waals surface area contributed by atoms with Crippen LogP contribution in [0.15, 0.2) is 30.3 Å². The summed E-state index contributed by atoms with van der Waals surface area (Å²) in [7, 11) is 0. The predicted octanol–water partition coefficient (Wildman–Crippen LogP) is 4.16. The molecular weight excluding hydrogens is 387 g/mol. The molecule has 1 atom stereocenters. The van der Waals surface area contributed by atoms with Crippen molar-refractivity contribution in [3.63, 3.8) is 0 Å². The van der Waals surface area contributed by atoms with Gasteiger partial charge >= 0.3 is 6.09 Å². The normalized spacial score (nSPS) is 14.2. The van der Waals surface area contributed by atoms with Crippen LogP contribution in [0.2, 0.25) is 0 Å². The minimum atomic E-state index is -1.54. The molecule has 6 nitrogen and oxygen atoms in total. The summed E-state index contributed by atoms with van der Waals surface area (Å²) < 4.78 is 18.6. The second-order valence-electron chi connectivity index (χ2n) is 9.22. The maximum absolute atomic E-state index is 13.4. The summed E-state index contributed by atoms with van der Waals surface area (Å²) >= 11 is 0. The van der Waals surface area contributed by atoms with Crippen molar-refractivity contribution in [2.24, 2.45) is 0 Å². The number of benzene rings is 1. The van der Waals surface area contributed by atoms with E-state index in [0.29, 0.717) is 22.4 Å². The van der Waals surface area contributed by atoms with Crippen molar-refractivity contribution >= 4 is 6.09 Å². The molecule has 0 bridgehead atoms. The Morgan fingerprint density at radius 2 is 1.67 bits per heavy atom. The van der Waals surface area contributed by atoms with E-state index >= 15 is 0 Å². The summed E-state index contributed by atoms with van der Waals surface area (Å²) in [6, 6.07) is 7.47. The quantitative estimate of drug-likeness (QED) is 0.678. The fourth-order valence-corrected chi connectivity index (χ4v) is 3.06. The van der Waals surface area contributed by atoms with Gasteiger partial charge in [0.2, 0.25) is 0 Å². The van der Waals surface area contributed by atoms with Gasteiger partial charge in [-0.15, -0.1) is 0 Å². The van der Waals surface area contributed by atoms with Crippen LogP contribution in [0.4, 0.5) is 9.18 Å². The number of alkyl carbamates (subject to hydrolysis) is 1. The number of nitrogens with one attached hydrogen (secondary N) is 1. The Bertz CT molecular complexity index is 911. The lowest BCUT2D eigenvalue weighted by Gasteiger charge is -2.29. The van der Waals surface area contributed by atoms with Gasteiger partial charge in [-0.05, 0) is 89.9 Å². The van der Waals surface area contributed by atoms with Gasteiger partial charge in [-0.1, -0.05) is 0 Å². The average Bonchev–Trinajstić information content (AvgIpc) is 2.58. The molecule has 1 unspecified atom stereocenters. The number of aliphatic hydroxyl groups is 2. The molecule has 7 heteroatoms. The topological polar surface area (TPSA) is 91.7 Å². The number of nitrogens with zero attached hydrogens (tertiary/aromatic N) is 1. The number of carbonyl (C=O) groups is 1. The number of halogens is 1. The number of carbonyl (C=O) groups excluding carboxylic acids is 1. The van der Waals surface area contributed by atoms with Crippen molar-refractivity contribution in [1.29, 1.82) is 0 Å². The van der Waals surface area contributed by atoms with E-state index in [1.165, 1.54) is 19.1 Å². The number of hydrogen-bond donors (Lipinski definition) is 3. The lowest BCUT2D eigenvalue weighted by molar-refractivity contribution is 0.0292. The van der Waals surface area contributed by atoms with Crippen molar-refractivity contribution in [2.75, 3.05) is 6.54 Å². The molecule has 0 aliphatic heterocycles. The molecule has 164 valence electrons. The molecule has 0 aliphatic rings. The van der Waals surface area contributed by atoms with Gasteiger partial charge in [0.15, 0.2) is 0 Å². The molecule has 1 aromatic carbocycles. The molecule has 0 fully saturated rings. The van der Waals surface area contributed by atoms with Crippen LogP contribution in [0.1, 0.15) is 58.4 Å². The molecule has 0 spiro atoms. The average molecular weight is 419 g/mol. The summed E-state index contributed by atoms with van der Waals surface area (Å²) in [5.41, 5.74) is -0.690. The van der Waals surface area contributed by atoms with Gasteiger partial charge in [0.25, 0.3) is 0 Å². The van der Waals surface area contributed by atoms with Crippen molar-refractivity contribution in [3.8, 4) is 11.3 Å². The standard InChI is InChI=1S/C23H31FN2O4/c1-14-17(22(5,6)28)12-18(26-19(14)15-8-10-16(24)11-9-15)23(7,29)13-25-20(27)30-21(2,3)4/h8-12,28-29H,13H2,1-7H3,(H,25,27). The van der Waals surface area contributed by atoms with Gasteiger partial charge in [-0.25, -0.2) is 14.2 Å². The van der Waals surface area contributed by atoms with E-state index in [1.807, 2.05) is 6.92 Å². The highest BCUT2D eigenvalue weighted by atomic mass is 19.1. The molecule has 3 N–H and O–H groups in total. The second-order valence-corrected chi connectivity index (χ2v) is 9.22. The molecule has 0 aliphatic carbocycles. The van der Waals surface area contributed by atoms with Crippen LogP contribution in [0.25, 0.3) is 11.3 Å². The summed E-state index contributed by atoms with van der Waals surface area (Å²) in [5, 5.41) is 24.3. The first-order valence-corrected chi connectivity index (χ1v) is 9.80. The lowest BCUT2D eigenvalue weighted by Crippen LogP contribution is -2.42. The van der Waals surface area contributed by atoms with Gasteiger partial charge in [-0.3, -0.25) is 0 Å². The van der Waals surface area contributed by atoms with Crippen LogP contribution < -0.4 is 5.32 Å². The van der Waals surface area contributed by atoms with E-state index in [-0.39, 0.29) is 18.1 Å². The SMILES string of the molecule is Cc1c(C(C)(C)O)cc(C(C)(O)CNC(=O)OC(C)(C)C)nc1-c1ccc(F)cc1. The Kier molecular flexibility index (Phi) is 6.59. The minimum Gasteiger partial charge on any atom is -0.444 e. The predicted molar refractivity (Wildman–Crippen MR) is 113 cm³/mol. The second kappa shape index (κ2) is 8.32. The van der Waals surface area contributed by atoms with E-state index in [4.69, 9.17) is 4.74 Å². The third-order valence-electron chi connectivity index (χ3n) is 4.58. The summed E-state index contributed by atoms with van der Waals surface area (Å²) in [6.45, 7) is 11.7. The molecule has 2 aromatic rings. The van der Waals surface area contributed by atoms with Crippen LogP contribution in [-0.4, -0.2) is 33.4 Å². The number of rotatable bonds is 5. The van der Waals surface area contributed by atoms with Crippen molar-refractivity contribution in [2.45, 2.75) is 65.3 Å². The minimum absolute atomic E-state index is 0.147. The Morgan fingerprint density at radius 1 is 1.10 bits per heavy atom. The van der Waals surface area contributed by atoms with E-state index in [1.54, 1.807) is 52.8 Å². The Morgan fingerprint density at radius 3 is 2.17 bits per heavy atom. The third kappa shape index (κ3) is 6.00. The zero-order valence-electron chi connectivity index (χ0n) is 18.6. The Balaban J connectivity index is 2.47. The lowest BCUT2D eigenvalue weighted by atomic mass is 9.88. The highest BCUT2D eigenvalue weighted by Gasteiger charge is 2.31. The molecule has 2 rings (SSSR count). The summed E-state index contributed by atoms with van der Waals surface area (Å²) in [4.78, 5) is 16.6. The zero-order valence-corrected chi connectivity index (χ0v) is 18.6.